The van der Waals surface area contributed by atoms with E-state index in [9.17, 15) is 4.79 Å². The second-order valence-corrected chi connectivity index (χ2v) is 4.32. The summed E-state index contributed by atoms with van der Waals surface area (Å²) < 4.78 is 1.07. The molecule has 0 saturated carbocycles. The number of rotatable bonds is 0. The monoisotopic (exact) mass is 305 g/mol. The minimum Gasteiger partial charge on any atom is -0.345 e. The molecule has 0 bridgehead atoms. The smallest absolute Gasteiger partial charge is 0.190 e. The van der Waals surface area contributed by atoms with E-state index in [0.29, 0.717) is 10.5 Å². The highest BCUT2D eigenvalue weighted by Crippen LogP contribution is 2.14. The number of H-pyrrole nitrogens is 1. The topological polar surface area (TPSA) is 32.9 Å². The van der Waals surface area contributed by atoms with Crippen molar-refractivity contribution in [2.24, 2.45) is 0 Å². The second kappa shape index (κ2) is 3.31. The van der Waals surface area contributed by atoms with Crippen molar-refractivity contribution in [3.8, 4) is 0 Å². The van der Waals surface area contributed by atoms with E-state index < -0.39 is 0 Å². The molecule has 1 aromatic carbocycles. The number of benzene rings is 1. The van der Waals surface area contributed by atoms with Crippen LogP contribution in [0.3, 0.4) is 0 Å². The van der Waals surface area contributed by atoms with Gasteiger partial charge in [-0.2, -0.15) is 0 Å². The number of fused-ring (bicyclic) bond motifs is 1. The summed E-state index contributed by atoms with van der Waals surface area (Å²) in [7, 11) is 0. The fourth-order valence-electron chi connectivity index (χ4n) is 1.19. The van der Waals surface area contributed by atoms with Crippen molar-refractivity contribution >= 4 is 45.1 Å². The molecule has 0 unspecified atom stereocenters. The molecule has 1 heterocycles. The summed E-state index contributed by atoms with van der Waals surface area (Å²) in [5, 5.41) is 1.05. The normalized spacial score (nSPS) is 10.6. The number of nitrogens with one attached hydrogen (secondary N) is 1. The largest absolute Gasteiger partial charge is 0.345 e. The molecule has 2 aromatic rings. The van der Waals surface area contributed by atoms with Crippen molar-refractivity contribution in [3.63, 3.8) is 0 Å². The van der Waals surface area contributed by atoms with E-state index in [1.165, 1.54) is 6.07 Å². The first kappa shape index (κ1) is 9.02. The maximum Gasteiger partial charge on any atom is 0.190 e. The van der Waals surface area contributed by atoms with Crippen LogP contribution in [0, 0.1) is 3.57 Å². The summed E-state index contributed by atoms with van der Waals surface area (Å²) in [5.41, 5.74) is 0.736. The molecule has 1 aromatic heterocycles. The molecule has 66 valence electrons. The van der Waals surface area contributed by atoms with Gasteiger partial charge < -0.3 is 4.98 Å². The summed E-state index contributed by atoms with van der Waals surface area (Å²) >= 11 is 7.90. The third-order valence-corrected chi connectivity index (χ3v) is 2.63. The molecule has 0 aliphatic rings. The Kier molecular flexibility index (Phi) is 2.29. The lowest BCUT2D eigenvalue weighted by Gasteiger charge is -1.98. The van der Waals surface area contributed by atoms with Crippen LogP contribution in [0.25, 0.3) is 10.9 Å². The Bertz CT molecular complexity index is 515. The van der Waals surface area contributed by atoms with Gasteiger partial charge in [0, 0.05) is 15.0 Å². The highest BCUT2D eigenvalue weighted by molar-refractivity contribution is 14.1. The third-order valence-electron chi connectivity index (χ3n) is 1.76. The van der Waals surface area contributed by atoms with Crippen molar-refractivity contribution in [2.75, 3.05) is 0 Å². The maximum absolute atomic E-state index is 11.4. The second-order valence-electron chi connectivity index (χ2n) is 2.67. The molecule has 13 heavy (non-hydrogen) atoms. The van der Waals surface area contributed by atoms with Gasteiger partial charge in [0.2, 0.25) is 0 Å². The zero-order valence-electron chi connectivity index (χ0n) is 6.47. The number of hydrogen-bond acceptors (Lipinski definition) is 1. The van der Waals surface area contributed by atoms with Gasteiger partial charge in [0.1, 0.15) is 5.15 Å². The van der Waals surface area contributed by atoms with Crippen LogP contribution in [0.15, 0.2) is 29.1 Å². The minimum atomic E-state index is -0.0462. The van der Waals surface area contributed by atoms with E-state index in [4.69, 9.17) is 11.6 Å². The molecule has 0 aliphatic carbocycles. The molecule has 0 radical (unpaired) electrons. The molecule has 0 aliphatic heterocycles. The van der Waals surface area contributed by atoms with Crippen LogP contribution >= 0.6 is 34.2 Å². The zero-order chi connectivity index (χ0) is 9.42. The minimum absolute atomic E-state index is 0.0462. The molecule has 1 N–H and O–H groups in total. The number of hydrogen-bond donors (Lipinski definition) is 1. The van der Waals surface area contributed by atoms with Crippen LogP contribution in [-0.2, 0) is 0 Å². The van der Waals surface area contributed by atoms with Crippen molar-refractivity contribution in [2.45, 2.75) is 0 Å². The zero-order valence-corrected chi connectivity index (χ0v) is 9.39. The maximum atomic E-state index is 11.4. The molecular weight excluding hydrogens is 300 g/mol. The molecule has 4 heteroatoms. The van der Waals surface area contributed by atoms with Gasteiger partial charge in [0.25, 0.3) is 0 Å². The molecule has 0 spiro atoms. The number of pyridine rings is 1. The lowest BCUT2D eigenvalue weighted by molar-refractivity contribution is 1.38. The van der Waals surface area contributed by atoms with Gasteiger partial charge in [-0.25, -0.2) is 0 Å². The third kappa shape index (κ3) is 1.71. The van der Waals surface area contributed by atoms with Crippen LogP contribution in [0.2, 0.25) is 5.15 Å². The van der Waals surface area contributed by atoms with Gasteiger partial charge in [0.05, 0.1) is 5.52 Å². The number of aromatic amines is 1. The number of aromatic nitrogens is 1. The van der Waals surface area contributed by atoms with Gasteiger partial charge >= 0.3 is 0 Å². The summed E-state index contributed by atoms with van der Waals surface area (Å²) in [4.78, 5) is 14.3. The average molecular weight is 306 g/mol. The summed E-state index contributed by atoms with van der Waals surface area (Å²) in [6.45, 7) is 0. The first-order valence-electron chi connectivity index (χ1n) is 3.65. The first-order chi connectivity index (χ1) is 6.16. The van der Waals surface area contributed by atoms with Crippen LogP contribution in [0.5, 0.6) is 0 Å². The van der Waals surface area contributed by atoms with E-state index in [1.54, 1.807) is 6.07 Å². The molecule has 2 nitrogen and oxygen atoms in total. The van der Waals surface area contributed by atoms with Crippen LogP contribution in [-0.4, -0.2) is 4.98 Å². The standard InChI is InChI=1S/C9H5ClINO/c10-9-4-8(13)6-2-1-5(11)3-7(6)12-9/h1-4H,(H,12,13). The van der Waals surface area contributed by atoms with Crippen molar-refractivity contribution in [3.05, 3.63) is 43.2 Å². The number of halogens is 2. The lowest BCUT2D eigenvalue weighted by atomic mass is 10.2. The van der Waals surface area contributed by atoms with Crippen molar-refractivity contribution in [1.82, 2.24) is 4.98 Å². The SMILES string of the molecule is O=c1cc(Cl)[nH]c2cc(I)ccc12. The Hall–Kier alpha value is -0.550. The summed E-state index contributed by atoms with van der Waals surface area (Å²) in [5.74, 6) is 0. The Labute approximate surface area is 93.1 Å². The van der Waals surface area contributed by atoms with Crippen LogP contribution in [0.4, 0.5) is 0 Å². The van der Waals surface area contributed by atoms with Gasteiger partial charge in [-0.3, -0.25) is 4.79 Å². The first-order valence-corrected chi connectivity index (χ1v) is 5.10. The van der Waals surface area contributed by atoms with Crippen LogP contribution < -0.4 is 5.43 Å². The Balaban J connectivity index is 2.95. The Morgan fingerprint density at radius 1 is 1.31 bits per heavy atom. The quantitative estimate of drug-likeness (QED) is 0.589. The van der Waals surface area contributed by atoms with E-state index in [2.05, 4.69) is 27.6 Å². The van der Waals surface area contributed by atoms with Crippen molar-refractivity contribution < 1.29 is 0 Å². The summed E-state index contributed by atoms with van der Waals surface area (Å²) in [6.07, 6.45) is 0. The van der Waals surface area contributed by atoms with Gasteiger partial charge in [0.15, 0.2) is 5.43 Å². The van der Waals surface area contributed by atoms with Gasteiger partial charge in [-0.1, -0.05) is 11.6 Å². The van der Waals surface area contributed by atoms with E-state index >= 15 is 0 Å². The molecule has 0 saturated heterocycles. The van der Waals surface area contributed by atoms with Gasteiger partial charge in [-0.05, 0) is 40.8 Å². The molecule has 2 rings (SSSR count). The highest BCUT2D eigenvalue weighted by Gasteiger charge is 2.00. The summed E-state index contributed by atoms with van der Waals surface area (Å²) in [6, 6.07) is 6.97. The van der Waals surface area contributed by atoms with Gasteiger partial charge in [-0.15, -0.1) is 0 Å². The van der Waals surface area contributed by atoms with E-state index in [-0.39, 0.29) is 5.43 Å². The fourth-order valence-corrected chi connectivity index (χ4v) is 1.88. The van der Waals surface area contributed by atoms with E-state index in [1.807, 2.05) is 12.1 Å². The Morgan fingerprint density at radius 2 is 2.08 bits per heavy atom. The lowest BCUT2D eigenvalue weighted by Crippen LogP contribution is -2.00. The van der Waals surface area contributed by atoms with E-state index in [0.717, 1.165) is 9.09 Å². The van der Waals surface area contributed by atoms with Crippen molar-refractivity contribution in [1.29, 1.82) is 0 Å². The molecule has 0 atom stereocenters. The molecule has 0 amide bonds. The molecule has 0 fully saturated rings. The highest BCUT2D eigenvalue weighted by atomic mass is 127. The molecular formula is C9H5ClINO. The predicted molar refractivity (Wildman–Crippen MR) is 62.3 cm³/mol. The Morgan fingerprint density at radius 3 is 2.85 bits per heavy atom. The average Bonchev–Trinajstić information content (AvgIpc) is 2.02. The van der Waals surface area contributed by atoms with Crippen LogP contribution in [0.1, 0.15) is 0 Å². The fraction of sp³-hybridized carbons (Fsp3) is 0. The predicted octanol–water partition coefficient (Wildman–Crippen LogP) is 2.79.